The fourth-order valence-electron chi connectivity index (χ4n) is 7.33. The first-order chi connectivity index (χ1) is 31.4. The SMILES string of the molecule is CC(C)[C@H](NC(=O)CN)C(=O)N[C@@H](C)C(=O)N[C@@H](Cc1c[nH]c2ccccc12)C(=O)N[C@@H](Cc1c[nH]c2ccccc12)C(=O)N[C@@H](CCS(C)=O)C(=O)N[C@@H](Cc1ccc(O)cc1)C(=O)O. The average molecular weight is 928 g/mol. The number of aliphatic carboxylic acids is 1. The Hall–Kier alpha value is -7.06. The molecule has 0 aliphatic rings. The number of nitrogens with two attached hydrogens (primary N) is 1. The van der Waals surface area contributed by atoms with E-state index in [0.717, 1.165) is 21.8 Å². The number of nitrogens with one attached hydrogen (secondary N) is 8. The van der Waals surface area contributed by atoms with Crippen LogP contribution in [0.15, 0.2) is 85.2 Å². The maximum absolute atomic E-state index is 14.6. The molecule has 352 valence electrons. The Bertz CT molecular complexity index is 2560. The number of hydrogen-bond acceptors (Lipinski definition) is 10. The van der Waals surface area contributed by atoms with E-state index >= 15 is 0 Å². The van der Waals surface area contributed by atoms with E-state index in [4.69, 9.17) is 5.73 Å². The zero-order valence-electron chi connectivity index (χ0n) is 37.0. The predicted molar refractivity (Wildman–Crippen MR) is 248 cm³/mol. The molecule has 7 atom stereocenters. The van der Waals surface area contributed by atoms with Crippen molar-refractivity contribution in [3.8, 4) is 5.75 Å². The highest BCUT2D eigenvalue weighted by atomic mass is 32.2. The summed E-state index contributed by atoms with van der Waals surface area (Å²) in [7, 11) is -1.43. The van der Waals surface area contributed by atoms with E-state index in [-0.39, 0.29) is 49.6 Å². The van der Waals surface area contributed by atoms with Crippen LogP contribution < -0.4 is 37.6 Å². The normalized spacial score (nSPS) is 14.5. The second kappa shape index (κ2) is 23.2. The highest BCUT2D eigenvalue weighted by molar-refractivity contribution is 7.84. The van der Waals surface area contributed by atoms with Gasteiger partial charge in [0.1, 0.15) is 42.0 Å². The number of aromatic hydroxyl groups is 1. The van der Waals surface area contributed by atoms with Crippen LogP contribution in [0.1, 0.15) is 43.9 Å². The molecule has 0 aliphatic heterocycles. The molecular weight excluding hydrogens is 871 g/mol. The van der Waals surface area contributed by atoms with E-state index in [1.165, 1.54) is 37.4 Å². The Morgan fingerprint density at radius 1 is 0.621 bits per heavy atom. The van der Waals surface area contributed by atoms with Crippen LogP contribution in [0, 0.1) is 5.92 Å². The predicted octanol–water partition coefficient (Wildman–Crippen LogP) is 0.779. The highest BCUT2D eigenvalue weighted by Gasteiger charge is 2.34. The maximum atomic E-state index is 14.6. The minimum Gasteiger partial charge on any atom is -0.508 e. The smallest absolute Gasteiger partial charge is 0.326 e. The Kier molecular flexibility index (Phi) is 17.6. The van der Waals surface area contributed by atoms with Crippen molar-refractivity contribution in [1.29, 1.82) is 0 Å². The number of benzene rings is 3. The van der Waals surface area contributed by atoms with Crippen LogP contribution >= 0.6 is 0 Å². The maximum Gasteiger partial charge on any atom is 0.326 e. The molecule has 5 rings (SSSR count). The van der Waals surface area contributed by atoms with E-state index < -0.39 is 88.5 Å². The number of rotatable bonds is 23. The molecular formula is C46H57N9O10S. The molecule has 0 saturated carbocycles. The van der Waals surface area contributed by atoms with Gasteiger partial charge in [-0.1, -0.05) is 62.4 Å². The Labute approximate surface area is 383 Å². The lowest BCUT2D eigenvalue weighted by Crippen LogP contribution is -2.60. The number of carboxylic acids is 1. The lowest BCUT2D eigenvalue weighted by atomic mass is 10.0. The van der Waals surface area contributed by atoms with Gasteiger partial charge in [0, 0.05) is 76.3 Å². The van der Waals surface area contributed by atoms with Crippen LogP contribution in [0.25, 0.3) is 21.8 Å². The van der Waals surface area contributed by atoms with Crippen LogP contribution in [0.3, 0.4) is 0 Å². The first-order valence-electron chi connectivity index (χ1n) is 21.4. The zero-order valence-corrected chi connectivity index (χ0v) is 37.8. The van der Waals surface area contributed by atoms with Gasteiger partial charge in [0.05, 0.1) is 6.54 Å². The number of carbonyl (C=O) groups excluding carboxylic acids is 6. The molecule has 0 bridgehead atoms. The molecule has 0 aliphatic carbocycles. The molecule has 5 aromatic rings. The number of phenolic OH excluding ortho intramolecular Hbond substituents is 1. The van der Waals surface area contributed by atoms with E-state index in [9.17, 15) is 48.0 Å². The number of hydrogen-bond donors (Lipinski definition) is 11. The third-order valence-electron chi connectivity index (χ3n) is 11.0. The quantitative estimate of drug-likeness (QED) is 0.0435. The van der Waals surface area contributed by atoms with Gasteiger partial charge in [-0.15, -0.1) is 0 Å². The number of aromatic amines is 2. The largest absolute Gasteiger partial charge is 0.508 e. The van der Waals surface area contributed by atoms with Crippen LogP contribution in [0.5, 0.6) is 5.75 Å². The van der Waals surface area contributed by atoms with Gasteiger partial charge >= 0.3 is 5.97 Å². The fraction of sp³-hybridized carbons (Fsp3) is 0.370. The van der Waals surface area contributed by atoms with Crippen LogP contribution in [-0.2, 0) is 63.6 Å². The molecule has 2 aromatic heterocycles. The molecule has 66 heavy (non-hydrogen) atoms. The van der Waals surface area contributed by atoms with Crippen molar-refractivity contribution in [2.45, 2.75) is 82.7 Å². The Balaban J connectivity index is 1.44. The number of amides is 6. The second-order valence-electron chi connectivity index (χ2n) is 16.4. The summed E-state index contributed by atoms with van der Waals surface area (Å²) in [4.78, 5) is 101. The van der Waals surface area contributed by atoms with E-state index in [0.29, 0.717) is 16.7 Å². The van der Waals surface area contributed by atoms with Gasteiger partial charge in [0.25, 0.3) is 0 Å². The van der Waals surface area contributed by atoms with Crippen molar-refractivity contribution < 1.29 is 48.0 Å². The molecule has 2 heterocycles. The molecule has 0 spiro atoms. The molecule has 0 fully saturated rings. The summed E-state index contributed by atoms with van der Waals surface area (Å²) in [6, 6.07) is 12.6. The van der Waals surface area contributed by atoms with Gasteiger partial charge < -0.3 is 57.8 Å². The molecule has 20 heteroatoms. The topological polar surface area (TPSA) is 307 Å². The summed E-state index contributed by atoms with van der Waals surface area (Å²) < 4.78 is 12.3. The van der Waals surface area contributed by atoms with E-state index in [1.54, 1.807) is 32.3 Å². The number of para-hydroxylation sites is 2. The number of fused-ring (bicyclic) bond motifs is 2. The summed E-state index contributed by atoms with van der Waals surface area (Å²) in [5.41, 5.74) is 8.72. The van der Waals surface area contributed by atoms with Crippen LogP contribution in [0.2, 0.25) is 0 Å². The summed E-state index contributed by atoms with van der Waals surface area (Å²) >= 11 is 0. The highest BCUT2D eigenvalue weighted by Crippen LogP contribution is 2.22. The van der Waals surface area contributed by atoms with Crippen LogP contribution in [0.4, 0.5) is 0 Å². The van der Waals surface area contributed by atoms with Crippen molar-refractivity contribution in [3.63, 3.8) is 0 Å². The standard InChI is InChI=1S/C46H57N9O10S/c1-25(2)40(55-39(57)22-47)45(62)50-26(3)41(58)52-36(20-28-23-48-33-11-7-5-9-31(28)33)44(61)53-37(21-29-24-49-34-12-8-6-10-32(29)34)43(60)51-35(17-18-66(4)65)42(59)54-38(46(63)64)19-27-13-15-30(56)16-14-27/h5-16,23-26,35-38,40,48-49,56H,17-22,47H2,1-4H3,(H,50,62)(H,51,60)(H,52,58)(H,53,61)(H,54,59)(H,55,57)(H,63,64)/t26-,35-,36-,37-,38-,40-,66?/m0/s1. The Morgan fingerprint density at radius 2 is 1.11 bits per heavy atom. The van der Waals surface area contributed by atoms with Gasteiger partial charge in [0.15, 0.2) is 0 Å². The number of H-pyrrole nitrogens is 2. The minimum atomic E-state index is -1.45. The summed E-state index contributed by atoms with van der Waals surface area (Å²) in [6.45, 7) is 4.48. The van der Waals surface area contributed by atoms with Gasteiger partial charge in [0.2, 0.25) is 35.4 Å². The number of carboxylic acid groups (broad SMARTS) is 1. The van der Waals surface area contributed by atoms with Crippen molar-refractivity contribution in [2.75, 3.05) is 18.6 Å². The lowest BCUT2D eigenvalue weighted by molar-refractivity contribution is -0.142. The van der Waals surface area contributed by atoms with Gasteiger partial charge in [-0.2, -0.15) is 0 Å². The molecule has 6 amide bonds. The van der Waals surface area contributed by atoms with Gasteiger partial charge in [-0.3, -0.25) is 33.0 Å². The Morgan fingerprint density at radius 3 is 1.61 bits per heavy atom. The third-order valence-corrected chi connectivity index (χ3v) is 11.8. The molecule has 12 N–H and O–H groups in total. The van der Waals surface area contributed by atoms with Crippen molar-refractivity contribution in [3.05, 3.63) is 102 Å². The van der Waals surface area contributed by atoms with E-state index in [2.05, 4.69) is 41.9 Å². The molecule has 19 nitrogen and oxygen atoms in total. The minimum absolute atomic E-state index is 0.0315. The number of phenols is 1. The summed E-state index contributed by atoms with van der Waals surface area (Å²) in [6.07, 6.45) is 4.29. The van der Waals surface area contributed by atoms with Gasteiger partial charge in [-0.05, 0) is 60.2 Å². The molecule has 3 aromatic carbocycles. The fourth-order valence-corrected chi connectivity index (χ4v) is 7.90. The second-order valence-corrected chi connectivity index (χ2v) is 17.9. The molecule has 0 radical (unpaired) electrons. The summed E-state index contributed by atoms with van der Waals surface area (Å²) in [5, 5.41) is 37.0. The number of carbonyl (C=O) groups is 7. The summed E-state index contributed by atoms with van der Waals surface area (Å²) in [5.74, 6) is -6.27. The molecule has 1 unspecified atom stereocenters. The van der Waals surface area contributed by atoms with Gasteiger partial charge in [-0.25, -0.2) is 4.79 Å². The monoisotopic (exact) mass is 927 g/mol. The van der Waals surface area contributed by atoms with Crippen molar-refractivity contribution in [2.24, 2.45) is 11.7 Å². The first kappa shape index (κ1) is 49.9. The average Bonchev–Trinajstić information content (AvgIpc) is 3.89. The van der Waals surface area contributed by atoms with E-state index in [1.807, 2.05) is 42.5 Å². The van der Waals surface area contributed by atoms with Crippen molar-refractivity contribution >= 4 is 74.0 Å². The molecule has 0 saturated heterocycles. The number of aromatic nitrogens is 2. The zero-order chi connectivity index (χ0) is 48.1. The van der Waals surface area contributed by atoms with Crippen LogP contribution in [-0.4, -0.2) is 121 Å². The lowest BCUT2D eigenvalue weighted by Gasteiger charge is -2.27. The third kappa shape index (κ3) is 13.7. The van der Waals surface area contributed by atoms with Crippen molar-refractivity contribution in [1.82, 2.24) is 41.9 Å². The first-order valence-corrected chi connectivity index (χ1v) is 23.1.